The SMILES string of the molecule is Cc1cccc([C@@H]2c3[nH]c4ccccc4c3CCN2C(=O)C2=CCCC2)n1. The first-order valence-electron chi connectivity index (χ1n) is 9.75. The summed E-state index contributed by atoms with van der Waals surface area (Å²) in [4.78, 5) is 23.7. The van der Waals surface area contributed by atoms with Crippen LogP contribution in [0.3, 0.4) is 0 Å². The smallest absolute Gasteiger partial charge is 0.250 e. The van der Waals surface area contributed by atoms with Crippen molar-refractivity contribution in [3.63, 3.8) is 0 Å². The van der Waals surface area contributed by atoms with Crippen molar-refractivity contribution in [3.05, 3.63) is 76.8 Å². The predicted molar refractivity (Wildman–Crippen MR) is 106 cm³/mol. The molecule has 0 saturated carbocycles. The molecule has 0 spiro atoms. The molecule has 3 aromatic rings. The van der Waals surface area contributed by atoms with E-state index in [1.54, 1.807) is 0 Å². The van der Waals surface area contributed by atoms with Crippen LogP contribution in [0, 0.1) is 6.92 Å². The second-order valence-electron chi connectivity index (χ2n) is 7.54. The summed E-state index contributed by atoms with van der Waals surface area (Å²) >= 11 is 0. The molecule has 0 fully saturated rings. The fourth-order valence-corrected chi connectivity index (χ4v) is 4.53. The van der Waals surface area contributed by atoms with E-state index in [0.29, 0.717) is 0 Å². The molecule has 5 rings (SSSR count). The van der Waals surface area contributed by atoms with Gasteiger partial charge < -0.3 is 9.88 Å². The van der Waals surface area contributed by atoms with Gasteiger partial charge in [0, 0.05) is 34.4 Å². The molecule has 1 N–H and O–H groups in total. The molecule has 0 bridgehead atoms. The fraction of sp³-hybridized carbons (Fsp3) is 0.304. The third-order valence-electron chi connectivity index (χ3n) is 5.80. The largest absolute Gasteiger partial charge is 0.356 e. The zero-order valence-electron chi connectivity index (χ0n) is 15.5. The number of nitrogens with zero attached hydrogens (tertiary/aromatic N) is 2. The summed E-state index contributed by atoms with van der Waals surface area (Å²) in [6.45, 7) is 2.73. The number of fused-ring (bicyclic) bond motifs is 3. The van der Waals surface area contributed by atoms with E-state index in [4.69, 9.17) is 4.98 Å². The highest BCUT2D eigenvalue weighted by atomic mass is 16.2. The lowest BCUT2D eigenvalue weighted by atomic mass is 9.94. The number of carbonyl (C=O) groups is 1. The highest BCUT2D eigenvalue weighted by Crippen LogP contribution is 2.39. The summed E-state index contributed by atoms with van der Waals surface area (Å²) < 4.78 is 0. The number of nitrogens with one attached hydrogen (secondary N) is 1. The Morgan fingerprint density at radius 1 is 1.15 bits per heavy atom. The predicted octanol–water partition coefficient (Wildman–Crippen LogP) is 4.46. The Hall–Kier alpha value is -2.88. The van der Waals surface area contributed by atoms with Gasteiger partial charge in [-0.25, -0.2) is 0 Å². The molecule has 3 heterocycles. The van der Waals surface area contributed by atoms with Crippen molar-refractivity contribution in [1.82, 2.24) is 14.9 Å². The summed E-state index contributed by atoms with van der Waals surface area (Å²) in [5.74, 6) is 0.171. The van der Waals surface area contributed by atoms with Crippen molar-refractivity contribution in [2.45, 2.75) is 38.6 Å². The first-order chi connectivity index (χ1) is 13.2. The summed E-state index contributed by atoms with van der Waals surface area (Å²) in [6, 6.07) is 14.3. The Morgan fingerprint density at radius 3 is 2.85 bits per heavy atom. The summed E-state index contributed by atoms with van der Waals surface area (Å²) in [7, 11) is 0. The van der Waals surface area contributed by atoms with Crippen molar-refractivity contribution >= 4 is 16.8 Å². The van der Waals surface area contributed by atoms with Crippen LogP contribution in [0.1, 0.15) is 47.9 Å². The molecule has 2 aliphatic rings. The molecule has 4 nitrogen and oxygen atoms in total. The van der Waals surface area contributed by atoms with Gasteiger partial charge in [-0.1, -0.05) is 30.3 Å². The van der Waals surface area contributed by atoms with Crippen molar-refractivity contribution in [2.75, 3.05) is 6.54 Å². The fourth-order valence-electron chi connectivity index (χ4n) is 4.53. The van der Waals surface area contributed by atoms with E-state index in [1.807, 2.05) is 30.0 Å². The van der Waals surface area contributed by atoms with Gasteiger partial charge in [0.25, 0.3) is 0 Å². The van der Waals surface area contributed by atoms with Gasteiger partial charge >= 0.3 is 0 Å². The summed E-state index contributed by atoms with van der Waals surface area (Å²) in [5, 5.41) is 1.26. The topological polar surface area (TPSA) is 49.0 Å². The Kier molecular flexibility index (Phi) is 3.85. The highest BCUT2D eigenvalue weighted by Gasteiger charge is 2.36. The second kappa shape index (κ2) is 6.38. The highest BCUT2D eigenvalue weighted by molar-refractivity contribution is 5.95. The van der Waals surface area contributed by atoms with E-state index in [0.717, 1.165) is 60.4 Å². The number of aromatic amines is 1. The van der Waals surface area contributed by atoms with E-state index in [9.17, 15) is 4.79 Å². The van der Waals surface area contributed by atoms with E-state index in [1.165, 1.54) is 10.9 Å². The molecule has 2 aromatic heterocycles. The maximum Gasteiger partial charge on any atom is 0.250 e. The minimum atomic E-state index is -0.157. The number of aryl methyl sites for hydroxylation is 1. The molecule has 136 valence electrons. The van der Waals surface area contributed by atoms with Gasteiger partial charge in [-0.15, -0.1) is 0 Å². The zero-order valence-corrected chi connectivity index (χ0v) is 15.5. The second-order valence-corrected chi connectivity index (χ2v) is 7.54. The Bertz CT molecular complexity index is 1060. The molecule has 1 aliphatic heterocycles. The standard InChI is InChI=1S/C23H23N3O/c1-15-7-6-12-20(24-15)22-21-18(17-10-4-5-11-19(17)25-21)13-14-26(22)23(27)16-8-2-3-9-16/h4-8,10-12,22,25H,2-3,9,13-14H2,1H3/t22-/m1/s1. The number of hydrogen-bond acceptors (Lipinski definition) is 2. The van der Waals surface area contributed by atoms with Gasteiger partial charge in [-0.05, 0) is 56.4 Å². The number of aromatic nitrogens is 2. The van der Waals surface area contributed by atoms with Crippen LogP contribution < -0.4 is 0 Å². The number of amides is 1. The lowest BCUT2D eigenvalue weighted by Crippen LogP contribution is -2.41. The lowest BCUT2D eigenvalue weighted by molar-refractivity contribution is -0.129. The Balaban J connectivity index is 1.67. The number of rotatable bonds is 2. The molecular formula is C23H23N3O. The third kappa shape index (κ3) is 2.67. The van der Waals surface area contributed by atoms with Crippen LogP contribution in [0.5, 0.6) is 0 Å². The number of benzene rings is 1. The van der Waals surface area contributed by atoms with Crippen LogP contribution in [-0.4, -0.2) is 27.3 Å². The number of para-hydroxylation sites is 1. The van der Waals surface area contributed by atoms with Crippen molar-refractivity contribution in [2.24, 2.45) is 0 Å². The van der Waals surface area contributed by atoms with E-state index >= 15 is 0 Å². The maximum atomic E-state index is 13.3. The monoisotopic (exact) mass is 357 g/mol. The molecule has 1 aliphatic carbocycles. The van der Waals surface area contributed by atoms with Gasteiger partial charge in [0.15, 0.2) is 0 Å². The number of H-pyrrole nitrogens is 1. The number of hydrogen-bond donors (Lipinski definition) is 1. The normalized spacial score (nSPS) is 19.2. The minimum Gasteiger partial charge on any atom is -0.356 e. The maximum absolute atomic E-state index is 13.3. The van der Waals surface area contributed by atoms with Crippen LogP contribution >= 0.6 is 0 Å². The molecule has 1 amide bonds. The van der Waals surface area contributed by atoms with Crippen molar-refractivity contribution in [1.29, 1.82) is 0 Å². The molecular weight excluding hydrogens is 334 g/mol. The average molecular weight is 357 g/mol. The quantitative estimate of drug-likeness (QED) is 0.736. The first kappa shape index (κ1) is 16.3. The minimum absolute atomic E-state index is 0.157. The number of carbonyl (C=O) groups excluding carboxylic acids is 1. The van der Waals surface area contributed by atoms with Crippen LogP contribution in [0.25, 0.3) is 10.9 Å². The molecule has 0 unspecified atom stereocenters. The van der Waals surface area contributed by atoms with E-state index in [-0.39, 0.29) is 11.9 Å². The molecule has 4 heteroatoms. The zero-order chi connectivity index (χ0) is 18.4. The lowest BCUT2D eigenvalue weighted by Gasteiger charge is -2.36. The van der Waals surface area contributed by atoms with Crippen LogP contribution in [-0.2, 0) is 11.2 Å². The van der Waals surface area contributed by atoms with Crippen LogP contribution in [0.15, 0.2) is 54.1 Å². The number of pyridine rings is 1. The van der Waals surface area contributed by atoms with Gasteiger partial charge in [0.1, 0.15) is 6.04 Å². The van der Waals surface area contributed by atoms with Gasteiger partial charge in [-0.2, -0.15) is 0 Å². The number of allylic oxidation sites excluding steroid dienone is 1. The van der Waals surface area contributed by atoms with Gasteiger partial charge in [0.05, 0.1) is 5.69 Å². The average Bonchev–Trinajstić information content (AvgIpc) is 3.34. The molecule has 0 radical (unpaired) electrons. The summed E-state index contributed by atoms with van der Waals surface area (Å²) in [6.07, 6.45) is 5.98. The molecule has 27 heavy (non-hydrogen) atoms. The Morgan fingerprint density at radius 2 is 2.04 bits per heavy atom. The van der Waals surface area contributed by atoms with Crippen molar-refractivity contribution in [3.8, 4) is 0 Å². The first-order valence-corrected chi connectivity index (χ1v) is 9.75. The van der Waals surface area contributed by atoms with Crippen molar-refractivity contribution < 1.29 is 4.79 Å². The molecule has 1 atom stereocenters. The van der Waals surface area contributed by atoms with E-state index in [2.05, 4.69) is 35.3 Å². The van der Waals surface area contributed by atoms with Crippen LogP contribution in [0.4, 0.5) is 0 Å². The Labute approximate surface area is 158 Å². The van der Waals surface area contributed by atoms with Crippen LogP contribution in [0.2, 0.25) is 0 Å². The summed E-state index contributed by atoms with van der Waals surface area (Å²) in [5.41, 5.74) is 6.45. The van der Waals surface area contributed by atoms with Gasteiger partial charge in [-0.3, -0.25) is 9.78 Å². The molecule has 0 saturated heterocycles. The van der Waals surface area contributed by atoms with Gasteiger partial charge in [0.2, 0.25) is 5.91 Å². The van der Waals surface area contributed by atoms with E-state index < -0.39 is 0 Å². The third-order valence-corrected chi connectivity index (χ3v) is 5.80. The molecule has 1 aromatic carbocycles.